The van der Waals surface area contributed by atoms with Crippen molar-refractivity contribution in [3.05, 3.63) is 58.2 Å². The number of pyridine rings is 1. The molecule has 0 fully saturated rings. The molecule has 0 N–H and O–H groups in total. The smallest absolute Gasteiger partial charge is 0.0779 e. The van der Waals surface area contributed by atoms with E-state index in [1.807, 2.05) is 12.1 Å². The van der Waals surface area contributed by atoms with Crippen molar-refractivity contribution in [3.63, 3.8) is 0 Å². The van der Waals surface area contributed by atoms with E-state index in [-0.39, 0.29) is 0 Å². The third kappa shape index (κ3) is 2.81. The van der Waals surface area contributed by atoms with Crippen LogP contribution in [0.5, 0.6) is 0 Å². The standard InChI is InChI=1S/C17H17BrN4/c1-11-12(2)21-16-5-4-13(18)8-15(16)17(11)22(3)10-14-9-19-6-7-20-14/h4-9H,10H2,1-3H3. The lowest BCUT2D eigenvalue weighted by Gasteiger charge is -2.24. The fourth-order valence-corrected chi connectivity index (χ4v) is 3.02. The zero-order chi connectivity index (χ0) is 15.7. The predicted molar refractivity (Wildman–Crippen MR) is 93.1 cm³/mol. The molecule has 0 aliphatic carbocycles. The zero-order valence-corrected chi connectivity index (χ0v) is 14.4. The van der Waals surface area contributed by atoms with Gasteiger partial charge in [-0.3, -0.25) is 15.0 Å². The van der Waals surface area contributed by atoms with Crippen LogP contribution in [0.3, 0.4) is 0 Å². The van der Waals surface area contributed by atoms with Gasteiger partial charge in [-0.15, -0.1) is 0 Å². The van der Waals surface area contributed by atoms with Gasteiger partial charge in [0, 0.05) is 35.0 Å². The molecule has 0 aliphatic rings. The van der Waals surface area contributed by atoms with Crippen molar-refractivity contribution in [2.45, 2.75) is 20.4 Å². The highest BCUT2D eigenvalue weighted by Gasteiger charge is 2.14. The van der Waals surface area contributed by atoms with Gasteiger partial charge in [-0.1, -0.05) is 15.9 Å². The summed E-state index contributed by atoms with van der Waals surface area (Å²) in [6.45, 7) is 4.88. The van der Waals surface area contributed by atoms with Gasteiger partial charge in [-0.05, 0) is 37.6 Å². The van der Waals surface area contributed by atoms with Gasteiger partial charge in [0.2, 0.25) is 0 Å². The molecule has 5 heteroatoms. The van der Waals surface area contributed by atoms with Crippen molar-refractivity contribution in [1.82, 2.24) is 15.0 Å². The topological polar surface area (TPSA) is 41.9 Å². The average molecular weight is 357 g/mol. The van der Waals surface area contributed by atoms with E-state index < -0.39 is 0 Å². The average Bonchev–Trinajstić information content (AvgIpc) is 2.50. The maximum atomic E-state index is 4.69. The highest BCUT2D eigenvalue weighted by Crippen LogP contribution is 2.33. The molecule has 112 valence electrons. The minimum absolute atomic E-state index is 0.708. The van der Waals surface area contributed by atoms with E-state index in [2.05, 4.69) is 57.8 Å². The van der Waals surface area contributed by atoms with Crippen molar-refractivity contribution in [2.24, 2.45) is 0 Å². The first kappa shape index (κ1) is 14.9. The number of hydrogen-bond donors (Lipinski definition) is 0. The number of anilines is 1. The van der Waals surface area contributed by atoms with Crippen LogP contribution in [-0.4, -0.2) is 22.0 Å². The van der Waals surface area contributed by atoms with Crippen LogP contribution in [0, 0.1) is 13.8 Å². The second kappa shape index (κ2) is 6.01. The lowest BCUT2D eigenvalue weighted by Crippen LogP contribution is -2.19. The molecule has 0 bridgehead atoms. The monoisotopic (exact) mass is 356 g/mol. The minimum atomic E-state index is 0.708. The summed E-state index contributed by atoms with van der Waals surface area (Å²) in [6, 6.07) is 6.19. The number of aryl methyl sites for hydroxylation is 1. The molecule has 1 aromatic carbocycles. The van der Waals surface area contributed by atoms with Gasteiger partial charge in [0.05, 0.1) is 29.6 Å². The number of rotatable bonds is 3. The number of aromatic nitrogens is 3. The normalized spacial score (nSPS) is 10.9. The van der Waals surface area contributed by atoms with Crippen molar-refractivity contribution >= 4 is 32.5 Å². The Morgan fingerprint density at radius 1 is 1.18 bits per heavy atom. The van der Waals surface area contributed by atoms with Crippen molar-refractivity contribution < 1.29 is 0 Å². The van der Waals surface area contributed by atoms with E-state index in [4.69, 9.17) is 4.98 Å². The summed E-state index contributed by atoms with van der Waals surface area (Å²) < 4.78 is 1.05. The van der Waals surface area contributed by atoms with Crippen LogP contribution in [0.25, 0.3) is 10.9 Å². The molecular weight excluding hydrogens is 340 g/mol. The molecule has 0 spiro atoms. The molecule has 0 unspecified atom stereocenters. The summed E-state index contributed by atoms with van der Waals surface area (Å²) in [5.74, 6) is 0. The Morgan fingerprint density at radius 2 is 2.00 bits per heavy atom. The molecule has 3 aromatic rings. The number of fused-ring (bicyclic) bond motifs is 1. The first-order chi connectivity index (χ1) is 10.6. The van der Waals surface area contributed by atoms with Crippen LogP contribution in [0.2, 0.25) is 0 Å². The maximum absolute atomic E-state index is 4.69. The number of nitrogens with zero attached hydrogens (tertiary/aromatic N) is 4. The number of hydrogen-bond acceptors (Lipinski definition) is 4. The van der Waals surface area contributed by atoms with Crippen LogP contribution in [0.4, 0.5) is 5.69 Å². The van der Waals surface area contributed by atoms with Crippen LogP contribution in [-0.2, 0) is 6.54 Å². The van der Waals surface area contributed by atoms with Crippen LogP contribution >= 0.6 is 15.9 Å². The van der Waals surface area contributed by atoms with Gasteiger partial charge in [0.1, 0.15) is 0 Å². The highest BCUT2D eigenvalue weighted by atomic mass is 79.9. The summed E-state index contributed by atoms with van der Waals surface area (Å²) >= 11 is 3.56. The van der Waals surface area contributed by atoms with Crippen molar-refractivity contribution in [2.75, 3.05) is 11.9 Å². The van der Waals surface area contributed by atoms with Gasteiger partial charge in [0.15, 0.2) is 0 Å². The fourth-order valence-electron chi connectivity index (χ4n) is 2.66. The molecule has 0 saturated heterocycles. The number of halogens is 1. The van der Waals surface area contributed by atoms with Gasteiger partial charge in [0.25, 0.3) is 0 Å². The van der Waals surface area contributed by atoms with E-state index in [1.54, 1.807) is 18.6 Å². The van der Waals surface area contributed by atoms with E-state index in [1.165, 1.54) is 11.3 Å². The highest BCUT2D eigenvalue weighted by molar-refractivity contribution is 9.10. The van der Waals surface area contributed by atoms with E-state index in [9.17, 15) is 0 Å². The summed E-state index contributed by atoms with van der Waals surface area (Å²) in [5, 5.41) is 1.14. The number of benzene rings is 1. The fraction of sp³-hybridized carbons (Fsp3) is 0.235. The molecule has 0 amide bonds. The quantitative estimate of drug-likeness (QED) is 0.710. The van der Waals surface area contributed by atoms with Crippen LogP contribution < -0.4 is 4.90 Å². The summed E-state index contributed by atoms with van der Waals surface area (Å²) in [7, 11) is 2.08. The van der Waals surface area contributed by atoms with Gasteiger partial charge < -0.3 is 4.90 Å². The molecule has 0 radical (unpaired) electrons. The van der Waals surface area contributed by atoms with Gasteiger partial charge in [-0.25, -0.2) is 0 Å². The SMILES string of the molecule is Cc1nc2ccc(Br)cc2c(N(C)Cc2cnccn2)c1C. The molecule has 2 heterocycles. The first-order valence-electron chi connectivity index (χ1n) is 7.09. The summed E-state index contributed by atoms with van der Waals surface area (Å²) in [4.78, 5) is 15.4. The molecule has 0 aliphatic heterocycles. The third-order valence-corrected chi connectivity index (χ3v) is 4.29. The second-order valence-corrected chi connectivity index (χ2v) is 6.30. The molecule has 2 aromatic heterocycles. The Morgan fingerprint density at radius 3 is 2.73 bits per heavy atom. The molecule has 22 heavy (non-hydrogen) atoms. The van der Waals surface area contributed by atoms with Gasteiger partial charge in [-0.2, -0.15) is 0 Å². The second-order valence-electron chi connectivity index (χ2n) is 5.39. The first-order valence-corrected chi connectivity index (χ1v) is 7.88. The van der Waals surface area contributed by atoms with E-state index >= 15 is 0 Å². The van der Waals surface area contributed by atoms with Crippen molar-refractivity contribution in [3.8, 4) is 0 Å². The molecule has 3 rings (SSSR count). The Labute approximate surface area is 138 Å². The zero-order valence-electron chi connectivity index (χ0n) is 12.8. The van der Waals surface area contributed by atoms with Gasteiger partial charge >= 0.3 is 0 Å². The molecular formula is C17H17BrN4. The van der Waals surface area contributed by atoms with Crippen molar-refractivity contribution in [1.29, 1.82) is 0 Å². The Balaban J connectivity index is 2.12. The van der Waals surface area contributed by atoms with E-state index in [0.717, 1.165) is 26.8 Å². The summed E-state index contributed by atoms with van der Waals surface area (Å²) in [5.41, 5.74) is 5.39. The molecule has 0 saturated carbocycles. The maximum Gasteiger partial charge on any atom is 0.0779 e. The minimum Gasteiger partial charge on any atom is -0.368 e. The van der Waals surface area contributed by atoms with Crippen LogP contribution in [0.1, 0.15) is 17.0 Å². The summed E-state index contributed by atoms with van der Waals surface area (Å²) in [6.07, 6.45) is 5.22. The lowest BCUT2D eigenvalue weighted by molar-refractivity contribution is 0.870. The lowest BCUT2D eigenvalue weighted by atomic mass is 10.1. The predicted octanol–water partition coefficient (Wildman–Crippen LogP) is 4.04. The Hall–Kier alpha value is -2.01. The Kier molecular flexibility index (Phi) is 4.07. The van der Waals surface area contributed by atoms with E-state index in [0.29, 0.717) is 6.54 Å². The molecule has 0 atom stereocenters. The molecule has 4 nitrogen and oxygen atoms in total. The Bertz CT molecular complexity index is 818. The largest absolute Gasteiger partial charge is 0.368 e. The van der Waals surface area contributed by atoms with Crippen LogP contribution in [0.15, 0.2) is 41.3 Å². The third-order valence-electron chi connectivity index (χ3n) is 3.80.